The number of hydrogen-bond acceptors (Lipinski definition) is 4. The number of nitrogens with zero attached hydrogens (tertiary/aromatic N) is 1. The maximum Gasteiger partial charge on any atom is 0.363 e. The fourth-order valence-corrected chi connectivity index (χ4v) is 2.37. The van der Waals surface area contributed by atoms with Gasteiger partial charge in [0.25, 0.3) is 0 Å². The lowest BCUT2D eigenvalue weighted by molar-refractivity contribution is -0.129. The van der Waals surface area contributed by atoms with Gasteiger partial charge in [-0.1, -0.05) is 36.4 Å². The topological polar surface area (TPSA) is 51.8 Å². The highest BCUT2D eigenvalue weighted by Gasteiger charge is 2.24. The van der Waals surface area contributed by atoms with Gasteiger partial charge in [-0.05, 0) is 24.3 Å². The van der Waals surface area contributed by atoms with Gasteiger partial charge in [-0.3, -0.25) is 0 Å². The molecule has 0 saturated heterocycles. The molecule has 0 radical (unpaired) electrons. The molecule has 3 aromatic rings. The van der Waals surface area contributed by atoms with Crippen LogP contribution >= 0.6 is 0 Å². The second-order valence-electron chi connectivity index (χ2n) is 4.89. The molecule has 0 N–H and O–H groups in total. The molecule has 2 heterocycles. The van der Waals surface area contributed by atoms with Crippen molar-refractivity contribution < 1.29 is 13.9 Å². The van der Waals surface area contributed by atoms with Crippen LogP contribution in [0.25, 0.3) is 17.0 Å². The smallest absolute Gasteiger partial charge is 0.363 e. The Morgan fingerprint density at radius 3 is 2.59 bits per heavy atom. The van der Waals surface area contributed by atoms with Crippen molar-refractivity contribution in [2.75, 3.05) is 0 Å². The SMILES string of the molecule is O=C1OC(c2ccccc2)=NC1=Cc1coc2ccccc12. The van der Waals surface area contributed by atoms with Crippen molar-refractivity contribution in [2.24, 2.45) is 4.99 Å². The second kappa shape index (κ2) is 5.00. The van der Waals surface area contributed by atoms with E-state index in [2.05, 4.69) is 4.99 Å². The molecule has 106 valence electrons. The minimum absolute atomic E-state index is 0.269. The zero-order valence-corrected chi connectivity index (χ0v) is 11.5. The summed E-state index contributed by atoms with van der Waals surface area (Å²) in [5, 5.41) is 0.936. The predicted molar refractivity (Wildman–Crippen MR) is 83.3 cm³/mol. The van der Waals surface area contributed by atoms with Crippen LogP contribution in [0.15, 0.2) is 76.0 Å². The molecule has 0 aliphatic carbocycles. The van der Waals surface area contributed by atoms with E-state index in [9.17, 15) is 4.79 Å². The average Bonchev–Trinajstić information content (AvgIpc) is 3.13. The number of fused-ring (bicyclic) bond motifs is 1. The molecule has 4 rings (SSSR count). The van der Waals surface area contributed by atoms with Gasteiger partial charge in [-0.15, -0.1) is 0 Å². The summed E-state index contributed by atoms with van der Waals surface area (Å²) in [6.45, 7) is 0. The zero-order chi connectivity index (χ0) is 14.9. The van der Waals surface area contributed by atoms with Gasteiger partial charge in [0, 0.05) is 16.5 Å². The zero-order valence-electron chi connectivity index (χ0n) is 11.5. The van der Waals surface area contributed by atoms with Crippen molar-refractivity contribution in [1.29, 1.82) is 0 Å². The molecule has 0 spiro atoms. The number of rotatable bonds is 2. The molecule has 0 unspecified atom stereocenters. The molecule has 0 saturated carbocycles. The van der Waals surface area contributed by atoms with Gasteiger partial charge in [0.1, 0.15) is 5.58 Å². The molecule has 22 heavy (non-hydrogen) atoms. The molecule has 0 atom stereocenters. The van der Waals surface area contributed by atoms with Crippen LogP contribution in [-0.2, 0) is 9.53 Å². The van der Waals surface area contributed by atoms with Gasteiger partial charge >= 0.3 is 5.97 Å². The van der Waals surface area contributed by atoms with Crippen LogP contribution in [0.5, 0.6) is 0 Å². The molecular formula is C18H11NO3. The Hall–Kier alpha value is -3.14. The van der Waals surface area contributed by atoms with Crippen LogP contribution in [0.3, 0.4) is 0 Å². The molecule has 0 bridgehead atoms. The molecule has 2 aromatic carbocycles. The van der Waals surface area contributed by atoms with Crippen LogP contribution < -0.4 is 0 Å². The summed E-state index contributed by atoms with van der Waals surface area (Å²) in [6.07, 6.45) is 3.30. The van der Waals surface area contributed by atoms with Crippen LogP contribution in [-0.4, -0.2) is 11.9 Å². The number of carbonyl (C=O) groups excluding carboxylic acids is 1. The summed E-state index contributed by atoms with van der Waals surface area (Å²) in [7, 11) is 0. The molecule has 1 aliphatic heterocycles. The third-order valence-electron chi connectivity index (χ3n) is 3.44. The van der Waals surface area contributed by atoms with Crippen molar-refractivity contribution in [3.05, 3.63) is 77.7 Å². The first-order valence-electron chi connectivity index (χ1n) is 6.85. The lowest BCUT2D eigenvalue weighted by Gasteiger charge is -1.97. The van der Waals surface area contributed by atoms with E-state index in [0.717, 1.165) is 22.1 Å². The molecule has 4 nitrogen and oxygen atoms in total. The number of benzene rings is 2. The Kier molecular flexibility index (Phi) is 2.86. The summed E-state index contributed by atoms with van der Waals surface area (Å²) in [5.41, 5.74) is 2.62. The van der Waals surface area contributed by atoms with E-state index < -0.39 is 5.97 Å². The fourth-order valence-electron chi connectivity index (χ4n) is 2.37. The van der Waals surface area contributed by atoms with Gasteiger partial charge < -0.3 is 9.15 Å². The van der Waals surface area contributed by atoms with Crippen molar-refractivity contribution in [2.45, 2.75) is 0 Å². The quantitative estimate of drug-likeness (QED) is 0.533. The number of ether oxygens (including phenoxy) is 1. The van der Waals surface area contributed by atoms with E-state index in [0.29, 0.717) is 5.90 Å². The maximum atomic E-state index is 12.0. The van der Waals surface area contributed by atoms with Gasteiger partial charge in [-0.2, -0.15) is 0 Å². The van der Waals surface area contributed by atoms with E-state index in [1.165, 1.54) is 0 Å². The van der Waals surface area contributed by atoms with Crippen molar-refractivity contribution in [1.82, 2.24) is 0 Å². The van der Waals surface area contributed by atoms with Crippen molar-refractivity contribution >= 4 is 28.9 Å². The first kappa shape index (κ1) is 12.6. The highest BCUT2D eigenvalue weighted by atomic mass is 16.6. The van der Waals surface area contributed by atoms with Crippen molar-refractivity contribution in [3.63, 3.8) is 0 Å². The van der Waals surface area contributed by atoms with Crippen LogP contribution in [0.2, 0.25) is 0 Å². The second-order valence-corrected chi connectivity index (χ2v) is 4.89. The summed E-state index contributed by atoms with van der Waals surface area (Å²) in [4.78, 5) is 16.3. The standard InChI is InChI=1S/C18H11NO3/c20-18-15(19-17(22-18)12-6-2-1-3-7-12)10-13-11-21-16-9-5-4-8-14(13)16/h1-11H. The number of esters is 1. The number of hydrogen-bond donors (Lipinski definition) is 0. The highest BCUT2D eigenvalue weighted by molar-refractivity contribution is 6.13. The summed E-state index contributed by atoms with van der Waals surface area (Å²) in [5.74, 6) is -0.131. The molecule has 0 amide bonds. The number of aliphatic imine (C=N–C) groups is 1. The normalized spacial score (nSPS) is 16.1. The first-order chi connectivity index (χ1) is 10.8. The fraction of sp³-hybridized carbons (Fsp3) is 0. The van der Waals surface area contributed by atoms with Gasteiger partial charge in [0.15, 0.2) is 5.70 Å². The number of para-hydroxylation sites is 1. The Morgan fingerprint density at radius 2 is 1.73 bits per heavy atom. The molecule has 0 fully saturated rings. The predicted octanol–water partition coefficient (Wildman–Crippen LogP) is 3.78. The van der Waals surface area contributed by atoms with E-state index >= 15 is 0 Å². The highest BCUT2D eigenvalue weighted by Crippen LogP contribution is 2.25. The summed E-state index contributed by atoms with van der Waals surface area (Å²) < 4.78 is 10.7. The van der Waals surface area contributed by atoms with Gasteiger partial charge in [-0.25, -0.2) is 9.79 Å². The third-order valence-corrected chi connectivity index (χ3v) is 3.44. The Bertz CT molecular complexity index is 920. The maximum absolute atomic E-state index is 12.0. The Labute approximate surface area is 126 Å². The molecule has 4 heteroatoms. The summed E-state index contributed by atoms with van der Waals surface area (Å²) >= 11 is 0. The number of carbonyl (C=O) groups is 1. The minimum atomic E-state index is -0.455. The number of furan rings is 1. The number of cyclic esters (lactones) is 1. The lowest BCUT2D eigenvalue weighted by atomic mass is 10.1. The molecule has 1 aromatic heterocycles. The largest absolute Gasteiger partial charge is 0.464 e. The van der Waals surface area contributed by atoms with Gasteiger partial charge in [0.2, 0.25) is 5.90 Å². The Morgan fingerprint density at radius 1 is 0.955 bits per heavy atom. The third kappa shape index (κ3) is 2.11. The molecular weight excluding hydrogens is 278 g/mol. The van der Waals surface area contributed by atoms with E-state index in [1.54, 1.807) is 12.3 Å². The van der Waals surface area contributed by atoms with Crippen molar-refractivity contribution in [3.8, 4) is 0 Å². The van der Waals surface area contributed by atoms with E-state index in [-0.39, 0.29) is 5.70 Å². The minimum Gasteiger partial charge on any atom is -0.464 e. The Balaban J connectivity index is 1.76. The summed E-state index contributed by atoms with van der Waals surface area (Å²) in [6, 6.07) is 17.0. The van der Waals surface area contributed by atoms with Crippen LogP contribution in [0.4, 0.5) is 0 Å². The lowest BCUT2D eigenvalue weighted by Crippen LogP contribution is -2.04. The van der Waals surface area contributed by atoms with Crippen LogP contribution in [0.1, 0.15) is 11.1 Å². The monoisotopic (exact) mass is 289 g/mol. The first-order valence-corrected chi connectivity index (χ1v) is 6.85. The molecule has 1 aliphatic rings. The van der Waals surface area contributed by atoms with E-state index in [4.69, 9.17) is 9.15 Å². The van der Waals surface area contributed by atoms with Gasteiger partial charge in [0.05, 0.1) is 6.26 Å². The van der Waals surface area contributed by atoms with Crippen LogP contribution in [0, 0.1) is 0 Å². The average molecular weight is 289 g/mol. The van der Waals surface area contributed by atoms with E-state index in [1.807, 2.05) is 54.6 Å².